The summed E-state index contributed by atoms with van der Waals surface area (Å²) in [4.78, 5) is 42.9. The highest BCUT2D eigenvalue weighted by atomic mass is 32.2. The highest BCUT2D eigenvalue weighted by Crippen LogP contribution is 2.49. The van der Waals surface area contributed by atoms with Crippen molar-refractivity contribution in [2.75, 3.05) is 24.9 Å². The molecule has 1 saturated heterocycles. The molecule has 0 aromatic heterocycles. The maximum absolute atomic E-state index is 14.3. The molecular weight excluding hydrogens is 496 g/mol. The van der Waals surface area contributed by atoms with Gasteiger partial charge in [-0.15, -0.1) is 0 Å². The molecule has 188 valence electrons. The molecule has 2 aliphatic heterocycles. The average Bonchev–Trinajstić information content (AvgIpc) is 3.26. The highest BCUT2D eigenvalue weighted by molar-refractivity contribution is 8.23. The number of rotatable bonds is 5. The van der Waals surface area contributed by atoms with Crippen molar-refractivity contribution in [3.05, 3.63) is 77.5 Å². The summed E-state index contributed by atoms with van der Waals surface area (Å²) in [6, 6.07) is 16.9. The Bertz CT molecular complexity index is 1230. The summed E-state index contributed by atoms with van der Waals surface area (Å²) in [5.41, 5.74) is 1.45. The van der Waals surface area contributed by atoms with Crippen LogP contribution in [0.3, 0.4) is 0 Å². The molecule has 2 amide bonds. The Balaban J connectivity index is 1.82. The third kappa shape index (κ3) is 4.65. The van der Waals surface area contributed by atoms with Gasteiger partial charge in [0.25, 0.3) is 5.91 Å². The molecule has 2 aromatic rings. The van der Waals surface area contributed by atoms with E-state index in [0.717, 1.165) is 5.56 Å². The molecule has 1 fully saturated rings. The fraction of sp³-hybridized carbons (Fsp3) is 0.333. The van der Waals surface area contributed by atoms with Crippen molar-refractivity contribution < 1.29 is 23.9 Å². The van der Waals surface area contributed by atoms with Crippen LogP contribution >= 0.6 is 24.0 Å². The van der Waals surface area contributed by atoms with E-state index in [0.29, 0.717) is 27.7 Å². The number of amides is 2. The number of hydrogen-bond donors (Lipinski definition) is 0. The van der Waals surface area contributed by atoms with Gasteiger partial charge in [0.15, 0.2) is 0 Å². The van der Waals surface area contributed by atoms with Crippen LogP contribution in [-0.2, 0) is 25.5 Å². The van der Waals surface area contributed by atoms with Crippen LogP contribution in [0.15, 0.2) is 66.4 Å². The van der Waals surface area contributed by atoms with Crippen molar-refractivity contribution in [1.82, 2.24) is 4.90 Å². The van der Waals surface area contributed by atoms with Crippen molar-refractivity contribution in [1.29, 1.82) is 0 Å². The van der Waals surface area contributed by atoms with Gasteiger partial charge in [-0.05, 0) is 37.5 Å². The molecule has 4 rings (SSSR count). The van der Waals surface area contributed by atoms with Crippen molar-refractivity contribution >= 4 is 52.0 Å². The Morgan fingerprint density at radius 1 is 1.03 bits per heavy atom. The van der Waals surface area contributed by atoms with Crippen LogP contribution in [-0.4, -0.2) is 53.2 Å². The van der Waals surface area contributed by atoms with E-state index < -0.39 is 23.4 Å². The lowest BCUT2D eigenvalue weighted by Crippen LogP contribution is -2.46. The Morgan fingerprint density at radius 3 is 2.36 bits per heavy atom. The third-order valence-corrected chi connectivity index (χ3v) is 8.18. The van der Waals surface area contributed by atoms with Gasteiger partial charge in [-0.1, -0.05) is 72.5 Å². The minimum atomic E-state index is -1.11. The number of esters is 1. The quantitative estimate of drug-likeness (QED) is 0.406. The van der Waals surface area contributed by atoms with Crippen molar-refractivity contribution in [2.24, 2.45) is 5.41 Å². The first-order chi connectivity index (χ1) is 17.2. The van der Waals surface area contributed by atoms with Gasteiger partial charge in [-0.25, -0.2) is 4.79 Å². The first kappa shape index (κ1) is 25.9. The first-order valence-electron chi connectivity index (χ1n) is 11.5. The molecule has 0 spiro atoms. The van der Waals surface area contributed by atoms with Crippen LogP contribution in [0.2, 0.25) is 0 Å². The maximum Gasteiger partial charge on any atom is 0.418 e. The van der Waals surface area contributed by atoms with Gasteiger partial charge in [0, 0.05) is 23.4 Å². The lowest BCUT2D eigenvalue weighted by atomic mass is 9.69. The van der Waals surface area contributed by atoms with E-state index in [4.69, 9.17) is 21.7 Å². The van der Waals surface area contributed by atoms with Gasteiger partial charge >= 0.3 is 12.1 Å². The number of thioether (sulfide) groups is 1. The number of fused-ring (bicyclic) bond motifs is 1. The molecule has 0 N–H and O–H groups in total. The minimum Gasteiger partial charge on any atom is -0.469 e. The molecule has 0 saturated carbocycles. The number of carbonyl (C=O) groups excluding carboxylic acids is 3. The monoisotopic (exact) mass is 524 g/mol. The summed E-state index contributed by atoms with van der Waals surface area (Å²) >= 11 is 7.07. The summed E-state index contributed by atoms with van der Waals surface area (Å²) in [5, 5.41) is 0. The fourth-order valence-electron chi connectivity index (χ4n) is 4.87. The highest BCUT2D eigenvalue weighted by Gasteiger charge is 2.49. The third-order valence-electron chi connectivity index (χ3n) is 6.63. The number of carbonyl (C=O) groups is 3. The van der Waals surface area contributed by atoms with Crippen LogP contribution in [0.4, 0.5) is 10.5 Å². The number of methoxy groups -OCH3 is 2. The lowest BCUT2D eigenvalue weighted by molar-refractivity contribution is -0.151. The standard InChI is InChI=1S/C27H28N2O5S2/c1-27(2,24(31)33-3)22-19-12-8-9-13-21(19)28(25(32)34-4)15-20(22)23(30)29-18(16-36-26(29)35)14-17-10-6-5-7-11-17/h5-13,15,18,22H,14,16H2,1-4H3/t18-,22+/m0/s1. The zero-order valence-electron chi connectivity index (χ0n) is 20.6. The minimum absolute atomic E-state index is 0.163. The van der Waals surface area contributed by atoms with Crippen molar-refractivity contribution in [3.63, 3.8) is 0 Å². The number of para-hydroxylation sites is 1. The number of nitrogens with zero attached hydrogens (tertiary/aromatic N) is 2. The van der Waals surface area contributed by atoms with Crippen LogP contribution in [0.5, 0.6) is 0 Å². The SMILES string of the molecule is COC(=O)N1C=C(C(=O)N2C(=S)SC[C@@H]2Cc2ccccc2)[C@H](C(C)(C)C(=O)OC)c2ccccc21. The van der Waals surface area contributed by atoms with E-state index in [1.165, 1.54) is 37.1 Å². The Kier molecular flexibility index (Phi) is 7.51. The molecule has 2 aromatic carbocycles. The van der Waals surface area contributed by atoms with Crippen LogP contribution < -0.4 is 4.90 Å². The predicted octanol–water partition coefficient (Wildman–Crippen LogP) is 4.91. The van der Waals surface area contributed by atoms with Gasteiger partial charge in [0.05, 0.1) is 31.4 Å². The van der Waals surface area contributed by atoms with Crippen molar-refractivity contribution in [2.45, 2.75) is 32.2 Å². The fourth-order valence-corrected chi connectivity index (χ4v) is 6.28. The molecule has 0 bridgehead atoms. The molecular formula is C27H28N2O5S2. The summed E-state index contributed by atoms with van der Waals surface area (Å²) in [6.45, 7) is 3.49. The molecule has 2 atom stereocenters. The molecule has 0 aliphatic carbocycles. The average molecular weight is 525 g/mol. The number of hydrogen-bond acceptors (Lipinski definition) is 7. The molecule has 2 aliphatic rings. The first-order valence-corrected chi connectivity index (χ1v) is 12.9. The number of ether oxygens (including phenoxy) is 2. The maximum atomic E-state index is 14.3. The topological polar surface area (TPSA) is 76.2 Å². The molecule has 0 radical (unpaired) electrons. The number of benzene rings is 2. The summed E-state index contributed by atoms with van der Waals surface area (Å²) in [7, 11) is 2.61. The van der Waals surface area contributed by atoms with E-state index in [1.54, 1.807) is 30.9 Å². The smallest absolute Gasteiger partial charge is 0.418 e. The van der Waals surface area contributed by atoms with E-state index in [-0.39, 0.29) is 17.5 Å². The Labute approximate surface area is 220 Å². The lowest BCUT2D eigenvalue weighted by Gasteiger charge is -2.40. The molecule has 2 heterocycles. The largest absolute Gasteiger partial charge is 0.469 e. The molecule has 9 heteroatoms. The Morgan fingerprint density at radius 2 is 1.69 bits per heavy atom. The summed E-state index contributed by atoms with van der Waals surface area (Å²) < 4.78 is 10.6. The molecule has 7 nitrogen and oxygen atoms in total. The van der Waals surface area contributed by atoms with Crippen molar-refractivity contribution in [3.8, 4) is 0 Å². The molecule has 36 heavy (non-hydrogen) atoms. The van der Waals surface area contributed by atoms with Gasteiger partial charge in [0.1, 0.15) is 4.32 Å². The van der Waals surface area contributed by atoms with E-state index in [1.807, 2.05) is 42.5 Å². The normalized spacial score (nSPS) is 19.4. The second-order valence-electron chi connectivity index (χ2n) is 9.23. The van der Waals surface area contributed by atoms with Crippen LogP contribution in [0.25, 0.3) is 0 Å². The van der Waals surface area contributed by atoms with Gasteiger partial charge in [-0.3, -0.25) is 19.4 Å². The van der Waals surface area contributed by atoms with Gasteiger partial charge < -0.3 is 9.47 Å². The molecule has 0 unspecified atom stereocenters. The number of anilines is 1. The zero-order chi connectivity index (χ0) is 26.0. The van der Waals surface area contributed by atoms with E-state index >= 15 is 0 Å². The van der Waals surface area contributed by atoms with Crippen LogP contribution in [0.1, 0.15) is 30.9 Å². The Hall–Kier alpha value is -3.17. The van der Waals surface area contributed by atoms with E-state index in [2.05, 4.69) is 0 Å². The van der Waals surface area contributed by atoms with Gasteiger partial charge in [-0.2, -0.15) is 0 Å². The van der Waals surface area contributed by atoms with E-state index in [9.17, 15) is 14.4 Å². The summed E-state index contributed by atoms with van der Waals surface area (Å²) in [5.74, 6) is -0.821. The zero-order valence-corrected chi connectivity index (χ0v) is 22.2. The second-order valence-corrected chi connectivity index (χ2v) is 10.9. The second kappa shape index (κ2) is 10.4. The number of thiocarbonyl (C=S) groups is 1. The van der Waals surface area contributed by atoms with Crippen LogP contribution in [0, 0.1) is 5.41 Å². The summed E-state index contributed by atoms with van der Waals surface area (Å²) in [6.07, 6.45) is 1.48. The van der Waals surface area contributed by atoms with Gasteiger partial charge in [0.2, 0.25) is 0 Å². The predicted molar refractivity (Wildman–Crippen MR) is 144 cm³/mol.